The molecule has 8 heteroatoms. The lowest BCUT2D eigenvalue weighted by Crippen LogP contribution is -2.19. The highest BCUT2D eigenvalue weighted by atomic mass is 35.5. The number of rotatable bonds is 4. The Balaban J connectivity index is 2.48. The van der Waals surface area contributed by atoms with Crippen LogP contribution in [0.15, 0.2) is 12.1 Å². The molecule has 0 aliphatic rings. The van der Waals surface area contributed by atoms with Crippen LogP contribution in [0.5, 0.6) is 0 Å². The van der Waals surface area contributed by atoms with Gasteiger partial charge in [-0.3, -0.25) is 4.74 Å². The largest absolute Gasteiger partial charge is 0.522 e. The highest BCUT2D eigenvalue weighted by Crippen LogP contribution is 2.27. The second-order valence-corrected chi connectivity index (χ2v) is 3.79. The predicted octanol–water partition coefficient (Wildman–Crippen LogP) is 4.08. The lowest BCUT2D eigenvalue weighted by Gasteiger charge is -2.10. The molecule has 0 radical (unpaired) electrons. The van der Waals surface area contributed by atoms with Crippen molar-refractivity contribution in [2.75, 3.05) is 18.5 Å². The van der Waals surface area contributed by atoms with E-state index in [1.807, 2.05) is 0 Å². The van der Waals surface area contributed by atoms with Crippen LogP contribution in [0.4, 0.5) is 23.2 Å². The van der Waals surface area contributed by atoms with E-state index in [2.05, 4.69) is 10.1 Å². The average molecular weight is 292 g/mol. The second kappa shape index (κ2) is 5.75. The minimum atomic E-state index is -4.67. The number of hydrogen-bond acceptors (Lipinski definition) is 2. The Labute approximate surface area is 104 Å². The summed E-state index contributed by atoms with van der Waals surface area (Å²) in [5, 5.41) is 2.14. The van der Waals surface area contributed by atoms with Crippen molar-refractivity contribution in [3.63, 3.8) is 0 Å². The first-order chi connectivity index (χ1) is 7.79. The normalized spacial score (nSPS) is 11.6. The molecule has 0 atom stereocenters. The average Bonchev–Trinajstić information content (AvgIpc) is 2.19. The third-order valence-corrected chi connectivity index (χ3v) is 2.23. The summed E-state index contributed by atoms with van der Waals surface area (Å²) in [5.74, 6) is -0.773. The lowest BCUT2D eigenvalue weighted by molar-refractivity contribution is -0.322. The topological polar surface area (TPSA) is 21.3 Å². The Kier molecular flexibility index (Phi) is 4.85. The molecule has 0 aliphatic carbocycles. The summed E-state index contributed by atoms with van der Waals surface area (Å²) in [7, 11) is 0. The fraction of sp³-hybridized carbons (Fsp3) is 0.333. The van der Waals surface area contributed by atoms with Gasteiger partial charge < -0.3 is 5.32 Å². The molecule has 0 bridgehead atoms. The smallest absolute Gasteiger partial charge is 0.383 e. The van der Waals surface area contributed by atoms with Gasteiger partial charge in [-0.2, -0.15) is 0 Å². The quantitative estimate of drug-likeness (QED) is 0.513. The summed E-state index contributed by atoms with van der Waals surface area (Å²) < 4.78 is 51.4. The van der Waals surface area contributed by atoms with Crippen molar-refractivity contribution in [1.29, 1.82) is 0 Å². The standard InChI is InChI=1S/C9H7Cl2F4NO/c10-6-3-5(4-7(11)8(6)12)16-1-2-17-9(13,14)15/h3-4,16H,1-2H2. The van der Waals surface area contributed by atoms with Crippen LogP contribution in [-0.4, -0.2) is 19.5 Å². The van der Waals surface area contributed by atoms with Crippen LogP contribution < -0.4 is 5.32 Å². The van der Waals surface area contributed by atoms with E-state index in [1.165, 1.54) is 12.1 Å². The van der Waals surface area contributed by atoms with Gasteiger partial charge in [0.25, 0.3) is 0 Å². The Morgan fingerprint density at radius 3 is 2.18 bits per heavy atom. The highest BCUT2D eigenvalue weighted by Gasteiger charge is 2.28. The summed E-state index contributed by atoms with van der Waals surface area (Å²) in [6.45, 7) is -0.687. The molecule has 17 heavy (non-hydrogen) atoms. The number of ether oxygens (including phenoxy) is 1. The van der Waals surface area contributed by atoms with Crippen LogP contribution in [0.25, 0.3) is 0 Å². The number of hydrogen-bond donors (Lipinski definition) is 1. The molecular weight excluding hydrogens is 285 g/mol. The Hall–Kier alpha value is -0.720. The third kappa shape index (κ3) is 4.97. The van der Waals surface area contributed by atoms with Gasteiger partial charge in [-0.1, -0.05) is 23.2 Å². The van der Waals surface area contributed by atoms with Gasteiger partial charge in [0.15, 0.2) is 5.82 Å². The fourth-order valence-corrected chi connectivity index (χ4v) is 1.51. The van der Waals surface area contributed by atoms with Crippen LogP contribution in [0, 0.1) is 5.82 Å². The molecule has 96 valence electrons. The van der Waals surface area contributed by atoms with E-state index in [1.54, 1.807) is 0 Å². The molecule has 1 aromatic rings. The molecule has 0 amide bonds. The second-order valence-electron chi connectivity index (χ2n) is 2.97. The van der Waals surface area contributed by atoms with Crippen molar-refractivity contribution >= 4 is 28.9 Å². The monoisotopic (exact) mass is 291 g/mol. The molecule has 0 heterocycles. The molecule has 1 N–H and O–H groups in total. The summed E-state index contributed by atoms with van der Waals surface area (Å²) in [5.41, 5.74) is 0.312. The van der Waals surface area contributed by atoms with Gasteiger partial charge in [0, 0.05) is 12.2 Å². The van der Waals surface area contributed by atoms with Gasteiger partial charge in [-0.25, -0.2) is 4.39 Å². The maximum Gasteiger partial charge on any atom is 0.522 e. The minimum absolute atomic E-state index is 0.113. The van der Waals surface area contributed by atoms with Crippen LogP contribution >= 0.6 is 23.2 Å². The summed E-state index contributed by atoms with van der Waals surface area (Å²) in [4.78, 5) is 0. The zero-order valence-corrected chi connectivity index (χ0v) is 9.76. The number of alkyl halides is 3. The van der Waals surface area contributed by atoms with E-state index >= 15 is 0 Å². The van der Waals surface area contributed by atoms with Gasteiger partial charge in [0.2, 0.25) is 0 Å². The van der Waals surface area contributed by atoms with Crippen molar-refractivity contribution < 1.29 is 22.3 Å². The summed E-state index contributed by atoms with van der Waals surface area (Å²) in [6.07, 6.45) is -4.67. The SMILES string of the molecule is Fc1c(Cl)cc(NCCOC(F)(F)F)cc1Cl. The van der Waals surface area contributed by atoms with E-state index in [-0.39, 0.29) is 16.6 Å². The molecule has 1 aromatic carbocycles. The fourth-order valence-electron chi connectivity index (χ4n) is 1.02. The molecule has 0 saturated carbocycles. The van der Waals surface area contributed by atoms with Crippen LogP contribution in [-0.2, 0) is 4.74 Å². The third-order valence-electron chi connectivity index (χ3n) is 1.68. The van der Waals surface area contributed by atoms with Gasteiger partial charge >= 0.3 is 6.36 Å². The van der Waals surface area contributed by atoms with Crippen molar-refractivity contribution in [2.45, 2.75) is 6.36 Å². The van der Waals surface area contributed by atoms with Gasteiger partial charge in [-0.05, 0) is 12.1 Å². The molecular formula is C9H7Cl2F4NO. The first-order valence-electron chi connectivity index (χ1n) is 4.38. The van der Waals surface area contributed by atoms with E-state index in [4.69, 9.17) is 23.2 Å². The summed E-state index contributed by atoms with van der Waals surface area (Å²) >= 11 is 11.0. The molecule has 1 rings (SSSR count). The summed E-state index contributed by atoms with van der Waals surface area (Å²) in [6, 6.07) is 2.44. The van der Waals surface area contributed by atoms with E-state index < -0.39 is 18.8 Å². The first kappa shape index (κ1) is 14.3. The molecule has 0 aliphatic heterocycles. The number of anilines is 1. The Bertz CT molecular complexity index is 374. The van der Waals surface area contributed by atoms with Crippen molar-refractivity contribution in [2.24, 2.45) is 0 Å². The van der Waals surface area contributed by atoms with Crippen molar-refractivity contribution in [1.82, 2.24) is 0 Å². The number of halogens is 6. The van der Waals surface area contributed by atoms with Crippen molar-refractivity contribution in [3.8, 4) is 0 Å². The predicted molar refractivity (Wildman–Crippen MR) is 56.9 cm³/mol. The van der Waals surface area contributed by atoms with E-state index in [0.717, 1.165) is 0 Å². The highest BCUT2D eigenvalue weighted by molar-refractivity contribution is 6.35. The van der Waals surface area contributed by atoms with E-state index in [9.17, 15) is 17.6 Å². The molecule has 0 spiro atoms. The maximum absolute atomic E-state index is 13.0. The lowest BCUT2D eigenvalue weighted by atomic mass is 10.3. The zero-order chi connectivity index (χ0) is 13.1. The molecule has 0 fully saturated rings. The first-order valence-corrected chi connectivity index (χ1v) is 5.14. The molecule has 2 nitrogen and oxygen atoms in total. The van der Waals surface area contributed by atoms with Crippen LogP contribution in [0.1, 0.15) is 0 Å². The van der Waals surface area contributed by atoms with Gasteiger partial charge in [0.05, 0.1) is 16.7 Å². The Morgan fingerprint density at radius 2 is 1.71 bits per heavy atom. The Morgan fingerprint density at radius 1 is 1.18 bits per heavy atom. The molecule has 0 saturated heterocycles. The van der Waals surface area contributed by atoms with Gasteiger partial charge in [-0.15, -0.1) is 13.2 Å². The van der Waals surface area contributed by atoms with E-state index in [0.29, 0.717) is 5.69 Å². The van der Waals surface area contributed by atoms with Crippen molar-refractivity contribution in [3.05, 3.63) is 28.0 Å². The maximum atomic E-state index is 13.0. The number of nitrogens with one attached hydrogen (secondary N) is 1. The number of benzene rings is 1. The van der Waals surface area contributed by atoms with Gasteiger partial charge in [0.1, 0.15) is 0 Å². The van der Waals surface area contributed by atoms with Crippen LogP contribution in [0.3, 0.4) is 0 Å². The zero-order valence-electron chi connectivity index (χ0n) is 8.24. The molecule has 0 unspecified atom stereocenters. The molecule has 0 aromatic heterocycles. The minimum Gasteiger partial charge on any atom is -0.383 e. The van der Waals surface area contributed by atoms with Crippen LogP contribution in [0.2, 0.25) is 10.0 Å².